The van der Waals surface area contributed by atoms with Crippen molar-refractivity contribution in [3.63, 3.8) is 0 Å². The molecule has 3 atom stereocenters. The van der Waals surface area contributed by atoms with Crippen LogP contribution >= 0.6 is 0 Å². The smallest absolute Gasteiger partial charge is 0.340 e. The van der Waals surface area contributed by atoms with Gasteiger partial charge in [-0.25, -0.2) is 9.59 Å². The molecule has 308 valence electrons. The van der Waals surface area contributed by atoms with Crippen LogP contribution in [0.2, 0.25) is 0 Å². The second-order valence-corrected chi connectivity index (χ2v) is 14.7. The van der Waals surface area contributed by atoms with Gasteiger partial charge in [0.25, 0.3) is 0 Å². The number of hydrogen-bond donors (Lipinski definition) is 0. The van der Waals surface area contributed by atoms with Crippen molar-refractivity contribution in [3.05, 3.63) is 227 Å². The molecule has 0 aliphatic carbocycles. The molecular weight excluding hydrogens is 765 g/mol. The number of aryl methyl sites for hydroxylation is 1. The molecule has 0 aliphatic heterocycles. The lowest BCUT2D eigenvalue weighted by atomic mass is 9.80. The summed E-state index contributed by atoms with van der Waals surface area (Å²) in [5, 5.41) is 1.76. The highest BCUT2D eigenvalue weighted by Gasteiger charge is 2.42. The highest BCUT2D eigenvalue weighted by Crippen LogP contribution is 2.41. The molecule has 0 N–H and O–H groups in total. The molecule has 0 amide bonds. The Morgan fingerprint density at radius 1 is 0.590 bits per heavy atom. The van der Waals surface area contributed by atoms with Crippen LogP contribution in [0, 0.1) is 5.92 Å². The normalized spacial score (nSPS) is 12.8. The first-order valence-corrected chi connectivity index (χ1v) is 20.3. The molecule has 0 aromatic heterocycles. The van der Waals surface area contributed by atoms with Crippen LogP contribution in [0.3, 0.4) is 0 Å². The molecule has 0 fully saturated rings. The first-order chi connectivity index (χ1) is 29.9. The Labute approximate surface area is 356 Å². The van der Waals surface area contributed by atoms with Gasteiger partial charge in [0, 0.05) is 7.11 Å². The molecule has 7 rings (SSSR count). The van der Waals surface area contributed by atoms with Crippen molar-refractivity contribution in [2.24, 2.45) is 5.92 Å². The summed E-state index contributed by atoms with van der Waals surface area (Å²) in [7, 11) is 2.80. The summed E-state index contributed by atoms with van der Waals surface area (Å²) >= 11 is 0. The summed E-state index contributed by atoms with van der Waals surface area (Å²) in [6.45, 7) is -0.197. The minimum absolute atomic E-state index is 0.00236. The summed E-state index contributed by atoms with van der Waals surface area (Å²) in [5.74, 6) is -2.82. The van der Waals surface area contributed by atoms with Gasteiger partial charge in [0.15, 0.2) is 6.10 Å². The molecule has 0 heterocycles. The second-order valence-electron chi connectivity index (χ2n) is 14.7. The average Bonchev–Trinajstić information content (AvgIpc) is 3.32. The molecular formula is C53H48O8. The number of rotatable bonds is 18. The largest absolute Gasteiger partial charge is 0.465 e. The molecule has 0 saturated carbocycles. The van der Waals surface area contributed by atoms with Crippen LogP contribution in [-0.2, 0) is 51.9 Å². The summed E-state index contributed by atoms with van der Waals surface area (Å²) in [5.41, 5.74) is 4.06. The molecule has 8 heteroatoms. The predicted octanol–water partition coefficient (Wildman–Crippen LogP) is 10.2. The van der Waals surface area contributed by atoms with Crippen molar-refractivity contribution >= 4 is 28.7 Å². The Bertz CT molecular complexity index is 2400. The topological polar surface area (TPSA) is 97.4 Å². The van der Waals surface area contributed by atoms with Gasteiger partial charge in [0.2, 0.25) is 0 Å². The van der Waals surface area contributed by atoms with E-state index in [0.717, 1.165) is 38.6 Å². The fraction of sp³-hybridized carbons (Fsp3) is 0.189. The minimum Gasteiger partial charge on any atom is -0.465 e. The molecule has 8 nitrogen and oxygen atoms in total. The summed E-state index contributed by atoms with van der Waals surface area (Å²) in [6, 6.07) is 59.4. The van der Waals surface area contributed by atoms with Crippen LogP contribution in [0.4, 0.5) is 0 Å². The molecule has 0 saturated heterocycles. The molecule has 0 spiro atoms. The lowest BCUT2D eigenvalue weighted by Crippen LogP contribution is -2.42. The highest BCUT2D eigenvalue weighted by atomic mass is 16.6. The van der Waals surface area contributed by atoms with Gasteiger partial charge < -0.3 is 23.7 Å². The third kappa shape index (κ3) is 9.95. The van der Waals surface area contributed by atoms with Gasteiger partial charge in [0.1, 0.15) is 24.2 Å². The number of carbonyl (C=O) groups excluding carboxylic acids is 3. The number of ether oxygens (including phenoxy) is 5. The van der Waals surface area contributed by atoms with E-state index in [1.807, 2.05) is 164 Å². The van der Waals surface area contributed by atoms with E-state index in [-0.39, 0.29) is 19.6 Å². The Balaban J connectivity index is 1.32. The Morgan fingerprint density at radius 2 is 1.15 bits per heavy atom. The molecule has 0 radical (unpaired) electrons. The number of benzene rings is 7. The van der Waals surface area contributed by atoms with Gasteiger partial charge in [-0.3, -0.25) is 4.79 Å². The Kier molecular flexibility index (Phi) is 14.1. The van der Waals surface area contributed by atoms with Crippen molar-refractivity contribution in [3.8, 4) is 0 Å². The third-order valence-corrected chi connectivity index (χ3v) is 10.9. The number of fused-ring (bicyclic) bond motifs is 1. The Morgan fingerprint density at radius 3 is 1.70 bits per heavy atom. The summed E-state index contributed by atoms with van der Waals surface area (Å²) in [4.78, 5) is 41.7. The van der Waals surface area contributed by atoms with Crippen molar-refractivity contribution in [1.82, 2.24) is 0 Å². The van der Waals surface area contributed by atoms with Crippen LogP contribution in [0.5, 0.6) is 0 Å². The fourth-order valence-electron chi connectivity index (χ4n) is 7.79. The van der Waals surface area contributed by atoms with Crippen molar-refractivity contribution in [2.75, 3.05) is 20.8 Å². The monoisotopic (exact) mass is 812 g/mol. The standard InChI is InChI=1S/C53H48O8/c1-57-49(41-21-10-4-11-22-41)52(56)61-48(34-33-40-24-18-23-39-31-32-42(35-46(39)40)50(54)58-2)47(51(55)59-36-38-19-8-3-9-20-38)37-60-53(43-25-12-5-13-26-43,44-27-14-6-15-28-44)45-29-16-7-17-30-45/h3-32,35,47-49H,33-34,36-37H2,1-2H3/t47-,48-,49+/m1/s1. The van der Waals surface area contributed by atoms with E-state index in [4.69, 9.17) is 23.7 Å². The average molecular weight is 813 g/mol. The SMILES string of the molecule is COC(=O)c1ccc2cccc(CC[C@@H](OC(=O)[C@@H](OC)c3ccccc3)[C@@H](COC(c3ccccc3)(c3ccccc3)c3ccccc3)C(=O)OCc3ccccc3)c2c1. The maximum absolute atomic E-state index is 14.8. The van der Waals surface area contributed by atoms with Crippen LogP contribution in [0.25, 0.3) is 10.8 Å². The lowest BCUT2D eigenvalue weighted by Gasteiger charge is -2.38. The van der Waals surface area contributed by atoms with Crippen LogP contribution < -0.4 is 0 Å². The van der Waals surface area contributed by atoms with Gasteiger partial charge in [-0.15, -0.1) is 0 Å². The quantitative estimate of drug-likeness (QED) is 0.0480. The molecule has 0 unspecified atom stereocenters. The van der Waals surface area contributed by atoms with Gasteiger partial charge in [0.05, 0.1) is 19.3 Å². The van der Waals surface area contributed by atoms with E-state index in [1.54, 1.807) is 24.3 Å². The first kappa shape index (κ1) is 42.3. The summed E-state index contributed by atoms with van der Waals surface area (Å²) in [6.07, 6.45) is -1.56. The van der Waals surface area contributed by atoms with Crippen LogP contribution in [0.15, 0.2) is 188 Å². The van der Waals surface area contributed by atoms with E-state index < -0.39 is 41.6 Å². The van der Waals surface area contributed by atoms with Crippen molar-refractivity contribution in [1.29, 1.82) is 0 Å². The lowest BCUT2D eigenvalue weighted by molar-refractivity contribution is -0.175. The molecule has 7 aromatic carbocycles. The first-order valence-electron chi connectivity index (χ1n) is 20.3. The van der Waals surface area contributed by atoms with Gasteiger partial charge >= 0.3 is 17.9 Å². The number of carbonyl (C=O) groups is 3. The zero-order chi connectivity index (χ0) is 42.4. The van der Waals surface area contributed by atoms with Gasteiger partial charge in [-0.1, -0.05) is 176 Å². The van der Waals surface area contributed by atoms with E-state index in [0.29, 0.717) is 17.5 Å². The third-order valence-electron chi connectivity index (χ3n) is 10.9. The molecule has 0 aliphatic rings. The zero-order valence-electron chi connectivity index (χ0n) is 34.2. The van der Waals surface area contributed by atoms with Gasteiger partial charge in [-0.2, -0.15) is 0 Å². The molecule has 61 heavy (non-hydrogen) atoms. The predicted molar refractivity (Wildman–Crippen MR) is 235 cm³/mol. The van der Waals surface area contributed by atoms with E-state index in [2.05, 4.69) is 0 Å². The summed E-state index contributed by atoms with van der Waals surface area (Å²) < 4.78 is 30.6. The maximum atomic E-state index is 14.8. The minimum atomic E-state index is -1.19. The van der Waals surface area contributed by atoms with Crippen molar-refractivity contribution in [2.45, 2.75) is 37.3 Å². The molecule has 7 aromatic rings. The molecule has 0 bridgehead atoms. The van der Waals surface area contributed by atoms with E-state index >= 15 is 0 Å². The van der Waals surface area contributed by atoms with Gasteiger partial charge in [-0.05, 0) is 69.1 Å². The number of hydrogen-bond acceptors (Lipinski definition) is 8. The van der Waals surface area contributed by atoms with E-state index in [9.17, 15) is 14.4 Å². The number of esters is 3. The van der Waals surface area contributed by atoms with E-state index in [1.165, 1.54) is 14.2 Å². The van der Waals surface area contributed by atoms with Crippen LogP contribution in [0.1, 0.15) is 56.3 Å². The van der Waals surface area contributed by atoms with Crippen LogP contribution in [-0.4, -0.2) is 44.8 Å². The maximum Gasteiger partial charge on any atom is 0.340 e. The highest BCUT2D eigenvalue weighted by molar-refractivity contribution is 5.96. The van der Waals surface area contributed by atoms with Crippen molar-refractivity contribution < 1.29 is 38.1 Å². The zero-order valence-corrected chi connectivity index (χ0v) is 34.2. The number of methoxy groups -OCH3 is 2. The second kappa shape index (κ2) is 20.4. The fourth-order valence-corrected chi connectivity index (χ4v) is 7.79. The Hall–Kier alpha value is -6.87.